The maximum Gasteiger partial charge on any atom is 0.338 e. The Balaban J connectivity index is 1.54. The molecule has 35 heavy (non-hydrogen) atoms. The van der Waals surface area contributed by atoms with Crippen LogP contribution in [0.5, 0.6) is 0 Å². The number of rotatable bonds is 7. The van der Waals surface area contributed by atoms with Crippen molar-refractivity contribution in [1.82, 2.24) is 10.6 Å². The quantitative estimate of drug-likeness (QED) is 0.558. The number of amides is 2. The molecule has 2 aromatic carbocycles. The normalized spacial score (nSPS) is 17.4. The van der Waals surface area contributed by atoms with Gasteiger partial charge in [0.15, 0.2) is 0 Å². The first-order valence-electron chi connectivity index (χ1n) is 11.1. The van der Waals surface area contributed by atoms with Crippen molar-refractivity contribution >= 4 is 33.7 Å². The van der Waals surface area contributed by atoms with E-state index in [-0.39, 0.29) is 28.3 Å². The number of esters is 2. The number of nitrogens with zero attached hydrogens (tertiary/aromatic N) is 1. The van der Waals surface area contributed by atoms with Crippen molar-refractivity contribution in [1.29, 1.82) is 0 Å². The zero-order valence-electron chi connectivity index (χ0n) is 19.2. The zero-order chi connectivity index (χ0) is 25.2. The number of ether oxygens (including phenoxy) is 2. The van der Waals surface area contributed by atoms with Gasteiger partial charge in [0.05, 0.1) is 40.1 Å². The second-order valence-electron chi connectivity index (χ2n) is 7.99. The molecule has 10 nitrogen and oxygen atoms in total. The summed E-state index contributed by atoms with van der Waals surface area (Å²) in [6.45, 7) is 3.31. The Morgan fingerprint density at radius 2 is 1.86 bits per heavy atom. The Morgan fingerprint density at radius 3 is 2.63 bits per heavy atom. The van der Waals surface area contributed by atoms with Crippen molar-refractivity contribution in [2.24, 2.45) is 0 Å². The molecule has 2 N–H and O–H groups in total. The minimum absolute atomic E-state index is 0.0187. The minimum atomic E-state index is -3.89. The van der Waals surface area contributed by atoms with E-state index < -0.39 is 40.6 Å². The lowest BCUT2D eigenvalue weighted by Gasteiger charge is -2.26. The fourth-order valence-corrected chi connectivity index (χ4v) is 5.63. The molecule has 0 fully saturated rings. The molecule has 2 heterocycles. The number of para-hydroxylation sites is 1. The SMILES string of the molecule is CCOC(=O)C1=C(COC(=O)c2cccc(S(=O)(=O)N3CCc4ccccc43)c2)NC(=O)N[C@H]1C. The van der Waals surface area contributed by atoms with Crippen LogP contribution in [0.15, 0.2) is 64.7 Å². The van der Waals surface area contributed by atoms with E-state index in [9.17, 15) is 22.8 Å². The average molecular weight is 500 g/mol. The standard InChI is InChI=1S/C24H25N3O7S/c1-3-33-23(29)21-15(2)25-24(30)26-19(21)14-34-22(28)17-8-6-9-18(13-17)35(31,32)27-12-11-16-7-4-5-10-20(16)27/h4-10,13,15H,3,11-12,14H2,1-2H3,(H2,25,26,30)/t15-/m0/s1. The molecule has 0 spiro atoms. The molecule has 4 rings (SSSR count). The van der Waals surface area contributed by atoms with Crippen molar-refractivity contribution in [3.8, 4) is 0 Å². The summed E-state index contributed by atoms with van der Waals surface area (Å²) < 4.78 is 38.3. The molecule has 1 atom stereocenters. The highest BCUT2D eigenvalue weighted by molar-refractivity contribution is 7.92. The number of fused-ring (bicyclic) bond motifs is 1. The molecule has 0 aliphatic carbocycles. The van der Waals surface area contributed by atoms with Crippen LogP contribution < -0.4 is 14.9 Å². The van der Waals surface area contributed by atoms with Crippen molar-refractivity contribution in [3.63, 3.8) is 0 Å². The minimum Gasteiger partial charge on any atom is -0.463 e. The van der Waals surface area contributed by atoms with E-state index in [4.69, 9.17) is 9.47 Å². The fraction of sp³-hybridized carbons (Fsp3) is 0.292. The number of sulfonamides is 1. The summed E-state index contributed by atoms with van der Waals surface area (Å²) in [4.78, 5) is 36.9. The molecule has 0 bridgehead atoms. The number of anilines is 1. The monoisotopic (exact) mass is 499 g/mol. The highest BCUT2D eigenvalue weighted by Gasteiger charge is 2.32. The molecular formula is C24H25N3O7S. The van der Waals surface area contributed by atoms with Crippen LogP contribution in [0.25, 0.3) is 0 Å². The summed E-state index contributed by atoms with van der Waals surface area (Å²) in [5.41, 5.74) is 1.82. The van der Waals surface area contributed by atoms with Gasteiger partial charge in [0.25, 0.3) is 10.0 Å². The van der Waals surface area contributed by atoms with Crippen molar-refractivity contribution in [3.05, 3.63) is 70.9 Å². The summed E-state index contributed by atoms with van der Waals surface area (Å²) in [5.74, 6) is -1.45. The third-order valence-corrected chi connectivity index (χ3v) is 7.52. The van der Waals surface area contributed by atoms with Crippen molar-refractivity contribution < 1.29 is 32.3 Å². The van der Waals surface area contributed by atoms with E-state index in [1.54, 1.807) is 26.0 Å². The molecule has 0 saturated heterocycles. The molecule has 2 amide bonds. The third kappa shape index (κ3) is 4.85. The zero-order valence-corrected chi connectivity index (χ0v) is 20.1. The van der Waals surface area contributed by atoms with Crippen molar-refractivity contribution in [2.45, 2.75) is 31.2 Å². The predicted octanol–water partition coefficient (Wildman–Crippen LogP) is 2.11. The first-order chi connectivity index (χ1) is 16.7. The largest absolute Gasteiger partial charge is 0.463 e. The van der Waals surface area contributed by atoms with E-state index in [1.165, 1.54) is 28.6 Å². The summed E-state index contributed by atoms with van der Waals surface area (Å²) in [5, 5.41) is 5.03. The maximum absolute atomic E-state index is 13.3. The molecule has 0 aromatic heterocycles. The van der Waals surface area contributed by atoms with Gasteiger partial charge in [-0.15, -0.1) is 0 Å². The first-order valence-corrected chi connectivity index (χ1v) is 12.5. The molecule has 0 saturated carbocycles. The van der Waals surface area contributed by atoms with E-state index in [1.807, 2.05) is 12.1 Å². The van der Waals surface area contributed by atoms with Gasteiger partial charge >= 0.3 is 18.0 Å². The first kappa shape index (κ1) is 24.3. The highest BCUT2D eigenvalue weighted by atomic mass is 32.2. The van der Waals surface area contributed by atoms with Gasteiger partial charge in [0.1, 0.15) is 6.61 Å². The van der Waals surface area contributed by atoms with Crippen LogP contribution in [0.4, 0.5) is 10.5 Å². The number of benzene rings is 2. The van der Waals surface area contributed by atoms with Crippen LogP contribution in [0.2, 0.25) is 0 Å². The van der Waals surface area contributed by atoms with Gasteiger partial charge in [-0.2, -0.15) is 0 Å². The summed E-state index contributed by atoms with van der Waals surface area (Å²) >= 11 is 0. The molecule has 0 unspecified atom stereocenters. The average Bonchev–Trinajstić information content (AvgIpc) is 3.27. The van der Waals surface area contributed by atoms with Crippen LogP contribution >= 0.6 is 0 Å². The molecule has 2 aliphatic heterocycles. The van der Waals surface area contributed by atoms with Crippen LogP contribution in [0.3, 0.4) is 0 Å². The number of hydrogen-bond donors (Lipinski definition) is 2. The summed E-state index contributed by atoms with van der Waals surface area (Å²) in [7, 11) is -3.89. The Morgan fingerprint density at radius 1 is 1.09 bits per heavy atom. The molecular weight excluding hydrogens is 474 g/mol. The molecule has 11 heteroatoms. The lowest BCUT2D eigenvalue weighted by atomic mass is 10.0. The lowest BCUT2D eigenvalue weighted by molar-refractivity contribution is -0.139. The Bertz CT molecular complexity index is 1320. The van der Waals surface area contributed by atoms with E-state index in [0.717, 1.165) is 5.56 Å². The number of urea groups is 1. The van der Waals surface area contributed by atoms with Gasteiger partial charge in [-0.05, 0) is 50.1 Å². The molecule has 184 valence electrons. The van der Waals surface area contributed by atoms with Gasteiger partial charge in [0.2, 0.25) is 0 Å². The molecule has 2 aromatic rings. The van der Waals surface area contributed by atoms with Crippen LogP contribution in [0, 0.1) is 0 Å². The van der Waals surface area contributed by atoms with E-state index in [2.05, 4.69) is 10.6 Å². The lowest BCUT2D eigenvalue weighted by Crippen LogP contribution is -2.50. The molecule has 0 radical (unpaired) electrons. The van der Waals surface area contributed by atoms with E-state index >= 15 is 0 Å². The number of nitrogens with one attached hydrogen (secondary N) is 2. The van der Waals surface area contributed by atoms with Gasteiger partial charge in [-0.25, -0.2) is 22.8 Å². The number of carbonyl (C=O) groups is 3. The van der Waals surface area contributed by atoms with Crippen LogP contribution in [-0.4, -0.2) is 52.2 Å². The topological polar surface area (TPSA) is 131 Å². The second-order valence-corrected chi connectivity index (χ2v) is 9.86. The second kappa shape index (κ2) is 9.79. The smallest absolute Gasteiger partial charge is 0.338 e. The highest BCUT2D eigenvalue weighted by Crippen LogP contribution is 2.32. The van der Waals surface area contributed by atoms with Crippen LogP contribution in [0.1, 0.15) is 29.8 Å². The van der Waals surface area contributed by atoms with Gasteiger partial charge < -0.3 is 20.1 Å². The fourth-order valence-electron chi connectivity index (χ4n) is 4.08. The third-order valence-electron chi connectivity index (χ3n) is 5.72. The molecule has 2 aliphatic rings. The Hall–Kier alpha value is -3.86. The maximum atomic E-state index is 13.3. The summed E-state index contributed by atoms with van der Waals surface area (Å²) in [6, 6.07) is 11.7. The van der Waals surface area contributed by atoms with Gasteiger partial charge in [0, 0.05) is 6.54 Å². The summed E-state index contributed by atoms with van der Waals surface area (Å²) in [6.07, 6.45) is 0.605. The number of carbonyl (C=O) groups excluding carboxylic acids is 3. The van der Waals surface area contributed by atoms with Gasteiger partial charge in [-0.3, -0.25) is 4.31 Å². The van der Waals surface area contributed by atoms with E-state index in [0.29, 0.717) is 18.7 Å². The van der Waals surface area contributed by atoms with Gasteiger partial charge in [-0.1, -0.05) is 24.3 Å². The van der Waals surface area contributed by atoms with Crippen LogP contribution in [-0.2, 0) is 30.7 Å². The van der Waals surface area contributed by atoms with Crippen molar-refractivity contribution in [2.75, 3.05) is 24.1 Å². The Labute approximate surface area is 202 Å². The number of hydrogen-bond acceptors (Lipinski definition) is 7. The predicted molar refractivity (Wildman–Crippen MR) is 126 cm³/mol. The Kier molecular flexibility index (Phi) is 6.79.